The van der Waals surface area contributed by atoms with Gasteiger partial charge in [0.25, 0.3) is 0 Å². The van der Waals surface area contributed by atoms with E-state index in [2.05, 4.69) is 18.0 Å². The Morgan fingerprint density at radius 1 is 1.25 bits per heavy atom. The van der Waals surface area contributed by atoms with Gasteiger partial charge in [0.1, 0.15) is 5.58 Å². The molecule has 2 aromatic carbocycles. The second kappa shape index (κ2) is 6.16. The van der Waals surface area contributed by atoms with Crippen LogP contribution in [0.2, 0.25) is 0 Å². The summed E-state index contributed by atoms with van der Waals surface area (Å²) in [6.07, 6.45) is 1.34. The van der Waals surface area contributed by atoms with E-state index in [1.54, 1.807) is 7.11 Å². The summed E-state index contributed by atoms with van der Waals surface area (Å²) >= 11 is 4.05. The maximum Gasteiger partial charge on any atom is 0.177 e. The molecule has 0 aliphatic rings. The number of thiocarbonyl (C=S) groups is 1. The van der Waals surface area contributed by atoms with Gasteiger partial charge in [0.2, 0.25) is 0 Å². The molecular formula is C15H14N2O2S. The van der Waals surface area contributed by atoms with Crippen LogP contribution in [0.3, 0.4) is 0 Å². The average molecular weight is 286 g/mol. The number of benzene rings is 2. The first-order valence-electron chi connectivity index (χ1n) is 5.91. The SMILES string of the molecule is COc1ccc(C=N)c2c1oc1ccccc12.NC=S. The van der Waals surface area contributed by atoms with Gasteiger partial charge in [0.15, 0.2) is 11.3 Å². The molecule has 0 amide bonds. The van der Waals surface area contributed by atoms with E-state index in [1.807, 2.05) is 36.4 Å². The van der Waals surface area contributed by atoms with Gasteiger partial charge in [-0.1, -0.05) is 30.4 Å². The lowest BCUT2D eigenvalue weighted by Crippen LogP contribution is -1.86. The molecule has 1 aromatic heterocycles. The minimum absolute atomic E-state index is 0.696. The molecule has 0 saturated carbocycles. The van der Waals surface area contributed by atoms with Crippen molar-refractivity contribution in [3.8, 4) is 5.75 Å². The zero-order valence-electron chi connectivity index (χ0n) is 10.9. The summed E-state index contributed by atoms with van der Waals surface area (Å²) in [5.41, 5.74) is 7.98. The molecule has 3 aromatic rings. The highest BCUT2D eigenvalue weighted by Crippen LogP contribution is 2.36. The highest BCUT2D eigenvalue weighted by Gasteiger charge is 2.13. The minimum atomic E-state index is 0.696. The van der Waals surface area contributed by atoms with Crippen molar-refractivity contribution in [2.45, 2.75) is 0 Å². The van der Waals surface area contributed by atoms with Crippen molar-refractivity contribution in [2.24, 2.45) is 5.73 Å². The van der Waals surface area contributed by atoms with Crippen LogP contribution in [0.15, 0.2) is 40.8 Å². The van der Waals surface area contributed by atoms with Gasteiger partial charge in [-0.3, -0.25) is 0 Å². The maximum atomic E-state index is 7.46. The van der Waals surface area contributed by atoms with Crippen molar-refractivity contribution in [1.82, 2.24) is 0 Å². The van der Waals surface area contributed by atoms with Crippen LogP contribution in [0.25, 0.3) is 21.9 Å². The van der Waals surface area contributed by atoms with Crippen LogP contribution in [-0.2, 0) is 0 Å². The molecule has 0 saturated heterocycles. The zero-order chi connectivity index (χ0) is 14.5. The first-order chi connectivity index (χ1) is 9.76. The molecule has 102 valence electrons. The van der Waals surface area contributed by atoms with Crippen LogP contribution in [0, 0.1) is 5.41 Å². The summed E-state index contributed by atoms with van der Waals surface area (Å²) in [4.78, 5) is 0. The van der Waals surface area contributed by atoms with E-state index in [-0.39, 0.29) is 0 Å². The van der Waals surface area contributed by atoms with E-state index in [9.17, 15) is 0 Å². The molecule has 0 atom stereocenters. The number of fused-ring (bicyclic) bond motifs is 3. The second-order valence-electron chi connectivity index (χ2n) is 3.94. The van der Waals surface area contributed by atoms with Crippen LogP contribution < -0.4 is 10.5 Å². The summed E-state index contributed by atoms with van der Waals surface area (Å²) in [7, 11) is 1.62. The van der Waals surface area contributed by atoms with Crippen LogP contribution in [0.1, 0.15) is 5.56 Å². The molecule has 0 aliphatic carbocycles. The fraction of sp³-hybridized carbons (Fsp3) is 0.0667. The van der Waals surface area contributed by atoms with Crippen LogP contribution in [-0.4, -0.2) is 18.8 Å². The molecule has 3 rings (SSSR count). The minimum Gasteiger partial charge on any atom is -0.493 e. The van der Waals surface area contributed by atoms with Crippen LogP contribution in [0.5, 0.6) is 5.75 Å². The molecule has 0 fully saturated rings. The topological polar surface area (TPSA) is 72.2 Å². The Hall–Kier alpha value is -2.40. The number of ether oxygens (including phenoxy) is 1. The number of furan rings is 1. The Bertz CT molecular complexity index is 765. The zero-order valence-corrected chi connectivity index (χ0v) is 11.7. The summed E-state index contributed by atoms with van der Waals surface area (Å²) in [6, 6.07) is 11.5. The van der Waals surface area contributed by atoms with E-state index in [0.717, 1.165) is 27.4 Å². The van der Waals surface area contributed by atoms with Gasteiger partial charge in [-0.25, -0.2) is 0 Å². The predicted molar refractivity (Wildman–Crippen MR) is 86.0 cm³/mol. The highest BCUT2D eigenvalue weighted by molar-refractivity contribution is 7.78. The Kier molecular flexibility index (Phi) is 4.32. The van der Waals surface area contributed by atoms with Crippen molar-refractivity contribution in [3.63, 3.8) is 0 Å². The molecule has 0 spiro atoms. The van der Waals surface area contributed by atoms with Crippen molar-refractivity contribution < 1.29 is 9.15 Å². The van der Waals surface area contributed by atoms with E-state index in [0.29, 0.717) is 11.3 Å². The van der Waals surface area contributed by atoms with Crippen molar-refractivity contribution in [3.05, 3.63) is 42.0 Å². The van der Waals surface area contributed by atoms with Gasteiger partial charge in [-0.2, -0.15) is 0 Å². The molecule has 0 unspecified atom stereocenters. The number of para-hydroxylation sites is 1. The van der Waals surface area contributed by atoms with E-state index < -0.39 is 0 Å². The van der Waals surface area contributed by atoms with Crippen molar-refractivity contribution in [2.75, 3.05) is 7.11 Å². The molecule has 0 bridgehead atoms. The lowest BCUT2D eigenvalue weighted by Gasteiger charge is -2.01. The number of hydrogen-bond acceptors (Lipinski definition) is 4. The standard InChI is InChI=1S/C14H11NO2.CH3NS/c1-16-12-7-6-9(8-15)13-10-4-2-3-5-11(10)17-14(12)13;2-1-3/h2-8,15H,1H3;1H,(H2,2,3). The quantitative estimate of drug-likeness (QED) is 0.558. The van der Waals surface area contributed by atoms with Gasteiger partial charge in [-0.05, 0) is 18.2 Å². The van der Waals surface area contributed by atoms with Gasteiger partial charge in [0.05, 0.1) is 12.6 Å². The van der Waals surface area contributed by atoms with Gasteiger partial charge >= 0.3 is 0 Å². The van der Waals surface area contributed by atoms with E-state index in [1.165, 1.54) is 6.21 Å². The smallest absolute Gasteiger partial charge is 0.177 e. The third-order valence-electron chi connectivity index (χ3n) is 2.90. The normalized spacial score (nSPS) is 9.85. The summed E-state index contributed by atoms with van der Waals surface area (Å²) in [5, 5.41) is 9.41. The van der Waals surface area contributed by atoms with Gasteiger partial charge < -0.3 is 20.3 Å². The summed E-state index contributed by atoms with van der Waals surface area (Å²) in [5.74, 6) is 0.696. The monoisotopic (exact) mass is 286 g/mol. The van der Waals surface area contributed by atoms with Crippen molar-refractivity contribution in [1.29, 1.82) is 5.41 Å². The van der Waals surface area contributed by atoms with Crippen LogP contribution >= 0.6 is 12.2 Å². The largest absolute Gasteiger partial charge is 0.493 e. The maximum absolute atomic E-state index is 7.46. The number of nitrogens with two attached hydrogens (primary N) is 1. The molecule has 5 heteroatoms. The summed E-state index contributed by atoms with van der Waals surface area (Å²) < 4.78 is 11.1. The van der Waals surface area contributed by atoms with Crippen molar-refractivity contribution >= 4 is 45.9 Å². The molecule has 4 nitrogen and oxygen atoms in total. The lowest BCUT2D eigenvalue weighted by molar-refractivity contribution is 0.412. The predicted octanol–water partition coefficient (Wildman–Crippen LogP) is 3.49. The third-order valence-corrected chi connectivity index (χ3v) is 2.90. The molecule has 1 heterocycles. The first kappa shape index (κ1) is 14.0. The van der Waals surface area contributed by atoms with E-state index in [4.69, 9.17) is 14.6 Å². The van der Waals surface area contributed by atoms with Gasteiger partial charge in [-0.15, -0.1) is 0 Å². The Labute approximate surface area is 121 Å². The van der Waals surface area contributed by atoms with E-state index >= 15 is 0 Å². The first-order valence-corrected chi connectivity index (χ1v) is 6.38. The number of methoxy groups -OCH3 is 1. The Balaban J connectivity index is 0.000000452. The Morgan fingerprint density at radius 2 is 1.95 bits per heavy atom. The fourth-order valence-electron chi connectivity index (χ4n) is 2.11. The summed E-state index contributed by atoms with van der Waals surface area (Å²) in [6.45, 7) is 0. The van der Waals surface area contributed by atoms with Gasteiger partial charge in [0, 0.05) is 22.6 Å². The number of hydrogen-bond donors (Lipinski definition) is 2. The number of nitrogens with one attached hydrogen (secondary N) is 1. The molecule has 20 heavy (non-hydrogen) atoms. The number of rotatable bonds is 2. The molecule has 3 N–H and O–H groups in total. The fourth-order valence-corrected chi connectivity index (χ4v) is 2.11. The van der Waals surface area contributed by atoms with Crippen LogP contribution in [0.4, 0.5) is 0 Å². The second-order valence-corrected chi connectivity index (χ2v) is 4.21. The lowest BCUT2D eigenvalue weighted by atomic mass is 10.1. The third kappa shape index (κ3) is 2.35. The molecule has 0 radical (unpaired) electrons. The molecular weight excluding hydrogens is 272 g/mol. The Morgan fingerprint density at radius 3 is 2.60 bits per heavy atom. The average Bonchev–Trinajstić information content (AvgIpc) is 2.86. The highest BCUT2D eigenvalue weighted by atomic mass is 32.1. The molecule has 0 aliphatic heterocycles.